The van der Waals surface area contributed by atoms with Crippen LogP contribution in [0.3, 0.4) is 0 Å². The van der Waals surface area contributed by atoms with Crippen molar-refractivity contribution in [3.05, 3.63) is 62.5 Å². The first-order valence-electron chi connectivity index (χ1n) is 7.33. The second-order valence-corrected chi connectivity index (χ2v) is 6.39. The molecule has 0 saturated carbocycles. The Morgan fingerprint density at radius 3 is 2.71 bits per heavy atom. The van der Waals surface area contributed by atoms with E-state index in [-0.39, 0.29) is 12.1 Å². The number of fused-ring (bicyclic) bond motifs is 1. The van der Waals surface area contributed by atoms with Crippen LogP contribution in [0.25, 0.3) is 10.2 Å². The van der Waals surface area contributed by atoms with Crippen LogP contribution in [0, 0.1) is 19.3 Å². The number of rotatable bonds is 4. The second-order valence-electron chi connectivity index (χ2n) is 5.39. The van der Waals surface area contributed by atoms with Crippen LogP contribution in [0.15, 0.2) is 35.1 Å². The summed E-state index contributed by atoms with van der Waals surface area (Å²) in [5.74, 6) is 2.52. The van der Waals surface area contributed by atoms with Crippen molar-refractivity contribution < 1.29 is 4.79 Å². The summed E-state index contributed by atoms with van der Waals surface area (Å²) < 4.78 is 1.49. The molecule has 2 N–H and O–H groups in total. The number of aryl methyl sites for hydroxylation is 1. The molecule has 0 aliphatic heterocycles. The Labute approximate surface area is 142 Å². The molecule has 120 valence electrons. The number of amides is 1. The molecular weight excluding hydrogens is 322 g/mol. The molecule has 0 fully saturated rings. The Morgan fingerprint density at radius 1 is 1.38 bits per heavy atom. The van der Waals surface area contributed by atoms with Gasteiger partial charge in [-0.2, -0.15) is 0 Å². The highest BCUT2D eigenvalue weighted by atomic mass is 32.1. The molecule has 0 atom stereocenters. The monoisotopic (exact) mass is 337 g/mol. The summed E-state index contributed by atoms with van der Waals surface area (Å²) in [7, 11) is 0. The van der Waals surface area contributed by atoms with E-state index < -0.39 is 5.91 Å². The zero-order valence-corrected chi connectivity index (χ0v) is 13.9. The second kappa shape index (κ2) is 6.30. The van der Waals surface area contributed by atoms with Crippen molar-refractivity contribution in [1.29, 1.82) is 0 Å². The van der Waals surface area contributed by atoms with Gasteiger partial charge in [-0.1, -0.05) is 36.3 Å². The number of aromatic nitrogens is 2. The number of carbonyl (C=O) groups is 1. The lowest BCUT2D eigenvalue weighted by Gasteiger charge is -2.10. The highest BCUT2D eigenvalue weighted by Crippen LogP contribution is 2.27. The first-order chi connectivity index (χ1) is 11.5. The van der Waals surface area contributed by atoms with E-state index in [9.17, 15) is 9.59 Å². The third-order valence-corrected chi connectivity index (χ3v) is 5.01. The molecule has 0 radical (unpaired) electrons. The minimum Gasteiger partial charge on any atom is -0.365 e. The SMILES string of the molecule is C#CCn1c(Cc2ccccc2)nc2sc(C(N)=O)c(C)c2c1=O. The van der Waals surface area contributed by atoms with Crippen LogP contribution in [-0.4, -0.2) is 15.5 Å². The maximum absolute atomic E-state index is 12.9. The van der Waals surface area contributed by atoms with E-state index >= 15 is 0 Å². The molecule has 5 nitrogen and oxygen atoms in total. The average molecular weight is 337 g/mol. The van der Waals surface area contributed by atoms with Gasteiger partial charge in [-0.25, -0.2) is 4.98 Å². The van der Waals surface area contributed by atoms with E-state index in [0.717, 1.165) is 16.9 Å². The number of hydrogen-bond acceptors (Lipinski definition) is 4. The number of nitrogens with zero attached hydrogens (tertiary/aromatic N) is 2. The van der Waals surface area contributed by atoms with Gasteiger partial charge >= 0.3 is 0 Å². The van der Waals surface area contributed by atoms with Crippen LogP contribution in [0.2, 0.25) is 0 Å². The molecule has 0 spiro atoms. The highest BCUT2D eigenvalue weighted by Gasteiger charge is 2.20. The Hall–Kier alpha value is -2.91. The topological polar surface area (TPSA) is 78.0 Å². The smallest absolute Gasteiger partial charge is 0.263 e. The molecule has 0 aliphatic carbocycles. The predicted octanol–water partition coefficient (Wildman–Crippen LogP) is 2.09. The van der Waals surface area contributed by atoms with Crippen molar-refractivity contribution in [2.45, 2.75) is 19.9 Å². The van der Waals surface area contributed by atoms with Gasteiger partial charge in [-0.15, -0.1) is 17.8 Å². The molecule has 24 heavy (non-hydrogen) atoms. The van der Waals surface area contributed by atoms with E-state index in [0.29, 0.717) is 32.9 Å². The van der Waals surface area contributed by atoms with Crippen LogP contribution < -0.4 is 11.3 Å². The van der Waals surface area contributed by atoms with Crippen LogP contribution in [0.4, 0.5) is 0 Å². The Kier molecular flexibility index (Phi) is 4.19. The first-order valence-corrected chi connectivity index (χ1v) is 8.14. The Morgan fingerprint density at radius 2 is 2.08 bits per heavy atom. The molecule has 1 aromatic carbocycles. The maximum atomic E-state index is 12.9. The largest absolute Gasteiger partial charge is 0.365 e. The van der Waals surface area contributed by atoms with Crippen molar-refractivity contribution in [1.82, 2.24) is 9.55 Å². The Bertz CT molecular complexity index is 1030. The van der Waals surface area contributed by atoms with Gasteiger partial charge < -0.3 is 5.73 Å². The number of benzene rings is 1. The van der Waals surface area contributed by atoms with Gasteiger partial charge in [0, 0.05) is 6.42 Å². The lowest BCUT2D eigenvalue weighted by molar-refractivity contribution is 0.100. The standard InChI is InChI=1S/C18H15N3O2S/c1-3-9-21-13(10-12-7-5-4-6-8-12)20-17-14(18(21)23)11(2)15(24-17)16(19)22/h1,4-8H,9-10H2,2H3,(H2,19,22). The van der Waals surface area contributed by atoms with Crippen LogP contribution in [-0.2, 0) is 13.0 Å². The molecule has 6 heteroatoms. The van der Waals surface area contributed by atoms with Gasteiger partial charge in [-0.05, 0) is 18.1 Å². The van der Waals surface area contributed by atoms with Crippen molar-refractivity contribution in [3.8, 4) is 12.3 Å². The molecule has 0 bridgehead atoms. The fourth-order valence-electron chi connectivity index (χ4n) is 2.66. The number of carbonyl (C=O) groups excluding carboxylic acids is 1. The van der Waals surface area contributed by atoms with Gasteiger partial charge in [0.15, 0.2) is 0 Å². The summed E-state index contributed by atoms with van der Waals surface area (Å²) in [5, 5.41) is 0.417. The van der Waals surface area contributed by atoms with Crippen molar-refractivity contribution in [2.24, 2.45) is 5.73 Å². The molecule has 2 heterocycles. The molecular formula is C18H15N3O2S. The zero-order valence-electron chi connectivity index (χ0n) is 13.1. The number of thiophene rings is 1. The van der Waals surface area contributed by atoms with Crippen LogP contribution >= 0.6 is 11.3 Å². The van der Waals surface area contributed by atoms with E-state index in [4.69, 9.17) is 12.2 Å². The van der Waals surface area contributed by atoms with Gasteiger partial charge in [0.25, 0.3) is 11.5 Å². The van der Waals surface area contributed by atoms with Crippen LogP contribution in [0.1, 0.15) is 26.6 Å². The summed E-state index contributed by atoms with van der Waals surface area (Å²) in [5.41, 5.74) is 6.75. The van der Waals surface area contributed by atoms with Crippen molar-refractivity contribution in [3.63, 3.8) is 0 Å². The van der Waals surface area contributed by atoms with Gasteiger partial charge in [0.05, 0.1) is 16.8 Å². The fraction of sp³-hybridized carbons (Fsp3) is 0.167. The molecule has 0 aliphatic rings. The average Bonchev–Trinajstić information content (AvgIpc) is 2.89. The number of hydrogen-bond donors (Lipinski definition) is 1. The molecule has 3 aromatic rings. The number of nitrogens with two attached hydrogens (primary N) is 1. The quantitative estimate of drug-likeness (QED) is 0.741. The summed E-state index contributed by atoms with van der Waals surface area (Å²) >= 11 is 1.15. The van der Waals surface area contributed by atoms with E-state index in [1.165, 1.54) is 4.57 Å². The van der Waals surface area contributed by atoms with Gasteiger partial charge in [-0.3, -0.25) is 14.2 Å². The predicted molar refractivity (Wildman–Crippen MR) is 95.2 cm³/mol. The third-order valence-electron chi connectivity index (χ3n) is 3.81. The normalized spacial score (nSPS) is 10.7. The minimum atomic E-state index is -0.553. The summed E-state index contributed by atoms with van der Waals surface area (Å²) in [6, 6.07) is 9.71. The highest BCUT2D eigenvalue weighted by molar-refractivity contribution is 7.20. The fourth-order valence-corrected chi connectivity index (χ4v) is 3.70. The first kappa shape index (κ1) is 16.0. The van der Waals surface area contributed by atoms with E-state index in [1.54, 1.807) is 6.92 Å². The lowest BCUT2D eigenvalue weighted by atomic mass is 10.1. The Balaban J connectivity index is 2.25. The number of primary amides is 1. The summed E-state index contributed by atoms with van der Waals surface area (Å²) in [4.78, 5) is 29.9. The van der Waals surface area contributed by atoms with Gasteiger partial charge in [0.2, 0.25) is 0 Å². The third kappa shape index (κ3) is 2.70. The molecule has 0 unspecified atom stereocenters. The van der Waals surface area contributed by atoms with Crippen LogP contribution in [0.5, 0.6) is 0 Å². The zero-order chi connectivity index (χ0) is 17.3. The maximum Gasteiger partial charge on any atom is 0.263 e. The summed E-state index contributed by atoms with van der Waals surface area (Å²) in [6.07, 6.45) is 5.90. The molecule has 3 rings (SSSR count). The minimum absolute atomic E-state index is 0.130. The molecule has 2 aromatic heterocycles. The lowest BCUT2D eigenvalue weighted by Crippen LogP contribution is -2.25. The molecule has 1 amide bonds. The van der Waals surface area contributed by atoms with Crippen molar-refractivity contribution in [2.75, 3.05) is 0 Å². The van der Waals surface area contributed by atoms with Crippen molar-refractivity contribution >= 4 is 27.5 Å². The van der Waals surface area contributed by atoms with E-state index in [1.807, 2.05) is 30.3 Å². The number of terminal acetylenes is 1. The summed E-state index contributed by atoms with van der Waals surface area (Å²) in [6.45, 7) is 1.84. The molecule has 0 saturated heterocycles. The van der Waals surface area contributed by atoms with Gasteiger partial charge in [0.1, 0.15) is 10.7 Å². The van der Waals surface area contributed by atoms with E-state index in [2.05, 4.69) is 10.9 Å².